The Bertz CT molecular complexity index is 744. The minimum absolute atomic E-state index is 0.188. The minimum atomic E-state index is -0.869. The molecule has 0 unspecified atom stereocenters. The van der Waals surface area contributed by atoms with Crippen LogP contribution < -0.4 is 4.90 Å². The summed E-state index contributed by atoms with van der Waals surface area (Å²) in [6.45, 7) is 2.03. The van der Waals surface area contributed by atoms with Crippen LogP contribution in [-0.2, 0) is 16.1 Å². The SMILES string of the molecule is C[C@@H]1C[C@H](C(=O)O)c2ccccc2N1C(=O)OCc1ccccc1. The number of hydrogen-bond acceptors (Lipinski definition) is 3. The lowest BCUT2D eigenvalue weighted by molar-refractivity contribution is -0.139. The molecular weight excluding hydrogens is 306 g/mol. The highest BCUT2D eigenvalue weighted by Crippen LogP contribution is 2.38. The lowest BCUT2D eigenvalue weighted by Crippen LogP contribution is -2.44. The number of amides is 1. The van der Waals surface area contributed by atoms with Gasteiger partial charge in [0.15, 0.2) is 0 Å². The predicted octanol–water partition coefficient (Wildman–Crippen LogP) is 3.79. The zero-order valence-electron chi connectivity index (χ0n) is 13.4. The molecule has 5 nitrogen and oxygen atoms in total. The van der Waals surface area contributed by atoms with Gasteiger partial charge in [-0.15, -0.1) is 0 Å². The number of carboxylic acids is 1. The molecule has 0 bridgehead atoms. The third kappa shape index (κ3) is 3.11. The van der Waals surface area contributed by atoms with Gasteiger partial charge in [0.25, 0.3) is 0 Å². The Morgan fingerprint density at radius 3 is 2.50 bits per heavy atom. The lowest BCUT2D eigenvalue weighted by Gasteiger charge is -2.37. The Morgan fingerprint density at radius 2 is 1.79 bits per heavy atom. The van der Waals surface area contributed by atoms with Gasteiger partial charge in [-0.2, -0.15) is 0 Å². The number of fused-ring (bicyclic) bond motifs is 1. The molecule has 2 aromatic carbocycles. The molecule has 2 atom stereocenters. The highest BCUT2D eigenvalue weighted by Gasteiger charge is 2.37. The Balaban J connectivity index is 1.82. The van der Waals surface area contributed by atoms with Gasteiger partial charge >= 0.3 is 12.1 Å². The molecule has 0 saturated heterocycles. The van der Waals surface area contributed by atoms with Gasteiger partial charge < -0.3 is 9.84 Å². The summed E-state index contributed by atoms with van der Waals surface area (Å²) in [5.74, 6) is -1.47. The average Bonchev–Trinajstić information content (AvgIpc) is 2.59. The summed E-state index contributed by atoms with van der Waals surface area (Å²) < 4.78 is 5.43. The molecule has 1 N–H and O–H groups in total. The topological polar surface area (TPSA) is 66.8 Å². The van der Waals surface area contributed by atoms with Crippen LogP contribution in [-0.4, -0.2) is 23.2 Å². The van der Waals surface area contributed by atoms with Crippen LogP contribution in [0.4, 0.5) is 10.5 Å². The number of nitrogens with zero attached hydrogens (tertiary/aromatic N) is 1. The fourth-order valence-corrected chi connectivity index (χ4v) is 3.11. The molecule has 2 aromatic rings. The van der Waals surface area contributed by atoms with E-state index in [0.717, 1.165) is 5.56 Å². The van der Waals surface area contributed by atoms with Crippen LogP contribution in [0.15, 0.2) is 54.6 Å². The number of carboxylic acid groups (broad SMARTS) is 1. The van der Waals surface area contributed by atoms with Gasteiger partial charge in [0.05, 0.1) is 11.6 Å². The van der Waals surface area contributed by atoms with Crippen LogP contribution in [0.2, 0.25) is 0 Å². The number of carbonyl (C=O) groups excluding carboxylic acids is 1. The van der Waals surface area contributed by atoms with E-state index >= 15 is 0 Å². The number of carbonyl (C=O) groups is 2. The molecule has 0 aliphatic carbocycles. The monoisotopic (exact) mass is 325 g/mol. The Hall–Kier alpha value is -2.82. The molecule has 0 fully saturated rings. The first-order valence-corrected chi connectivity index (χ1v) is 7.89. The van der Waals surface area contributed by atoms with E-state index in [1.165, 1.54) is 0 Å². The maximum Gasteiger partial charge on any atom is 0.414 e. The quantitative estimate of drug-likeness (QED) is 0.932. The Labute approximate surface area is 140 Å². The van der Waals surface area contributed by atoms with Crippen molar-refractivity contribution in [3.05, 3.63) is 65.7 Å². The Morgan fingerprint density at radius 1 is 1.12 bits per heavy atom. The normalized spacial score (nSPS) is 19.5. The van der Waals surface area contributed by atoms with E-state index < -0.39 is 18.0 Å². The number of aliphatic carboxylic acids is 1. The summed E-state index contributed by atoms with van der Waals surface area (Å²) in [6.07, 6.45) is -0.0880. The molecule has 0 spiro atoms. The first-order chi connectivity index (χ1) is 11.6. The summed E-state index contributed by atoms with van der Waals surface area (Å²) in [7, 11) is 0. The van der Waals surface area contributed by atoms with Gasteiger partial charge in [-0.25, -0.2) is 4.79 Å². The molecule has 3 rings (SSSR count). The molecule has 0 saturated carbocycles. The predicted molar refractivity (Wildman–Crippen MR) is 90.0 cm³/mol. The summed E-state index contributed by atoms with van der Waals surface area (Å²) in [4.78, 5) is 25.6. The number of rotatable bonds is 3. The van der Waals surface area contributed by atoms with E-state index in [0.29, 0.717) is 17.7 Å². The zero-order chi connectivity index (χ0) is 17.1. The van der Waals surface area contributed by atoms with Crippen molar-refractivity contribution in [1.82, 2.24) is 0 Å². The lowest BCUT2D eigenvalue weighted by atomic mass is 9.86. The average molecular weight is 325 g/mol. The van der Waals surface area contributed by atoms with Gasteiger partial charge in [0.1, 0.15) is 6.61 Å². The van der Waals surface area contributed by atoms with E-state index in [1.807, 2.05) is 37.3 Å². The second kappa shape index (κ2) is 6.74. The van der Waals surface area contributed by atoms with E-state index in [-0.39, 0.29) is 12.6 Å². The van der Waals surface area contributed by atoms with Gasteiger partial charge in [-0.3, -0.25) is 9.69 Å². The van der Waals surface area contributed by atoms with Crippen LogP contribution in [0.3, 0.4) is 0 Å². The fourth-order valence-electron chi connectivity index (χ4n) is 3.11. The number of ether oxygens (including phenoxy) is 1. The second-order valence-corrected chi connectivity index (χ2v) is 5.94. The molecular formula is C19H19NO4. The number of anilines is 1. The summed E-state index contributed by atoms with van der Waals surface area (Å²) in [5.41, 5.74) is 2.17. The molecule has 124 valence electrons. The summed E-state index contributed by atoms with van der Waals surface area (Å²) >= 11 is 0. The third-order valence-electron chi connectivity index (χ3n) is 4.29. The fraction of sp³-hybridized carbons (Fsp3) is 0.263. The molecule has 1 aliphatic rings. The summed E-state index contributed by atoms with van der Waals surface area (Å²) in [5, 5.41) is 9.45. The van der Waals surface area contributed by atoms with E-state index in [4.69, 9.17) is 4.74 Å². The zero-order valence-corrected chi connectivity index (χ0v) is 13.4. The number of hydrogen-bond donors (Lipinski definition) is 1. The molecule has 1 aliphatic heterocycles. The van der Waals surface area contributed by atoms with Crippen molar-refractivity contribution >= 4 is 17.7 Å². The van der Waals surface area contributed by atoms with Crippen LogP contribution in [0.5, 0.6) is 0 Å². The van der Waals surface area contributed by atoms with Crippen molar-refractivity contribution < 1.29 is 19.4 Å². The van der Waals surface area contributed by atoms with Crippen molar-refractivity contribution in [1.29, 1.82) is 0 Å². The number of para-hydroxylation sites is 1. The largest absolute Gasteiger partial charge is 0.481 e. The molecule has 0 radical (unpaired) electrons. The van der Waals surface area contributed by atoms with E-state index in [9.17, 15) is 14.7 Å². The first-order valence-electron chi connectivity index (χ1n) is 7.89. The van der Waals surface area contributed by atoms with Crippen molar-refractivity contribution in [2.45, 2.75) is 31.9 Å². The van der Waals surface area contributed by atoms with Crippen molar-refractivity contribution in [3.63, 3.8) is 0 Å². The van der Waals surface area contributed by atoms with Crippen LogP contribution in [0, 0.1) is 0 Å². The maximum absolute atomic E-state index is 12.6. The van der Waals surface area contributed by atoms with Gasteiger partial charge in [-0.1, -0.05) is 48.5 Å². The van der Waals surface area contributed by atoms with Crippen LogP contribution in [0.25, 0.3) is 0 Å². The van der Waals surface area contributed by atoms with E-state index in [2.05, 4.69) is 0 Å². The maximum atomic E-state index is 12.6. The molecule has 5 heteroatoms. The molecule has 1 amide bonds. The smallest absolute Gasteiger partial charge is 0.414 e. The number of benzene rings is 2. The van der Waals surface area contributed by atoms with Crippen molar-refractivity contribution in [2.24, 2.45) is 0 Å². The highest BCUT2D eigenvalue weighted by molar-refractivity contribution is 5.92. The minimum Gasteiger partial charge on any atom is -0.481 e. The molecule has 24 heavy (non-hydrogen) atoms. The molecule has 1 heterocycles. The second-order valence-electron chi connectivity index (χ2n) is 5.94. The highest BCUT2D eigenvalue weighted by atomic mass is 16.6. The van der Waals surface area contributed by atoms with E-state index in [1.54, 1.807) is 29.2 Å². The van der Waals surface area contributed by atoms with Crippen LogP contribution >= 0.6 is 0 Å². The standard InChI is InChI=1S/C19H19NO4/c1-13-11-16(18(21)22)15-9-5-6-10-17(15)20(13)19(23)24-12-14-7-3-2-4-8-14/h2-10,13,16H,11-12H2,1H3,(H,21,22)/t13-,16+/m1/s1. The van der Waals surface area contributed by atoms with Gasteiger partial charge in [0, 0.05) is 6.04 Å². The van der Waals surface area contributed by atoms with Crippen molar-refractivity contribution in [2.75, 3.05) is 4.90 Å². The van der Waals surface area contributed by atoms with Crippen LogP contribution in [0.1, 0.15) is 30.4 Å². The van der Waals surface area contributed by atoms with Gasteiger partial charge in [0.2, 0.25) is 0 Å². The Kier molecular flexibility index (Phi) is 4.51. The van der Waals surface area contributed by atoms with Gasteiger partial charge in [-0.05, 0) is 30.5 Å². The molecule has 0 aromatic heterocycles. The summed E-state index contributed by atoms with van der Waals surface area (Å²) in [6, 6.07) is 16.3. The third-order valence-corrected chi connectivity index (χ3v) is 4.29. The van der Waals surface area contributed by atoms with Crippen molar-refractivity contribution in [3.8, 4) is 0 Å². The first kappa shape index (κ1) is 16.1.